The molecule has 8 heteroatoms. The van der Waals surface area contributed by atoms with Crippen LogP contribution in [-0.4, -0.2) is 21.6 Å². The van der Waals surface area contributed by atoms with Crippen LogP contribution in [0.2, 0.25) is 10.0 Å². The van der Waals surface area contributed by atoms with Gasteiger partial charge >= 0.3 is 5.97 Å². The Kier molecular flexibility index (Phi) is 5.46. The number of hydrogen-bond acceptors (Lipinski definition) is 3. The molecular weight excluding hydrogens is 395 g/mol. The number of carboxylic acid groups (broad SMARTS) is 1. The van der Waals surface area contributed by atoms with Gasteiger partial charge < -0.3 is 9.67 Å². The molecule has 0 radical (unpaired) electrons. The molecule has 3 aromatic rings. The molecule has 0 aliphatic rings. The number of aliphatic carboxylic acids is 1. The Bertz CT molecular complexity index is 1050. The molecule has 0 fully saturated rings. The molecule has 3 rings (SSSR count). The number of nitrogens with zero attached hydrogens (tertiary/aromatic N) is 2. The van der Waals surface area contributed by atoms with E-state index >= 15 is 0 Å². The number of carbonyl (C=O) groups is 2. The standard InChI is InChI=1S/C18H14Cl2N2O3S/c1-2-13(17(24)25)22-14-5-3-4-12(20)15(14)26-18(22)21-16(23)10-6-8-11(19)9-7-10/h3-9,13H,2H2,1H3,(H,24,25)/b21-18-. The Hall–Kier alpha value is -2.15. The monoisotopic (exact) mass is 408 g/mol. The fourth-order valence-electron chi connectivity index (χ4n) is 2.62. The van der Waals surface area contributed by atoms with Crippen LogP contribution in [0.5, 0.6) is 0 Å². The number of amides is 1. The van der Waals surface area contributed by atoms with Gasteiger partial charge in [0.25, 0.3) is 5.91 Å². The minimum absolute atomic E-state index is 0.294. The van der Waals surface area contributed by atoms with E-state index < -0.39 is 17.9 Å². The highest BCUT2D eigenvalue weighted by Gasteiger charge is 2.22. The largest absolute Gasteiger partial charge is 0.480 e. The van der Waals surface area contributed by atoms with Crippen molar-refractivity contribution in [3.05, 3.63) is 62.9 Å². The average Bonchev–Trinajstić information content (AvgIpc) is 2.95. The van der Waals surface area contributed by atoms with Gasteiger partial charge in [-0.2, -0.15) is 4.99 Å². The normalized spacial score (nSPS) is 13.1. The first kappa shape index (κ1) is 18.6. The zero-order valence-corrected chi connectivity index (χ0v) is 16.0. The Labute approximate surface area is 163 Å². The molecule has 5 nitrogen and oxygen atoms in total. The molecule has 0 aliphatic heterocycles. The van der Waals surface area contributed by atoms with Gasteiger partial charge in [0.05, 0.1) is 15.2 Å². The first-order chi connectivity index (χ1) is 12.4. The highest BCUT2D eigenvalue weighted by Crippen LogP contribution is 2.29. The summed E-state index contributed by atoms with van der Waals surface area (Å²) in [6.07, 6.45) is 0.343. The third-order valence-electron chi connectivity index (χ3n) is 3.88. The van der Waals surface area contributed by atoms with Gasteiger partial charge in [-0.15, -0.1) is 0 Å². The lowest BCUT2D eigenvalue weighted by Gasteiger charge is -2.13. The van der Waals surface area contributed by atoms with Crippen molar-refractivity contribution < 1.29 is 14.7 Å². The van der Waals surface area contributed by atoms with E-state index in [1.54, 1.807) is 54.0 Å². The summed E-state index contributed by atoms with van der Waals surface area (Å²) in [5.41, 5.74) is 1.01. The van der Waals surface area contributed by atoms with Crippen molar-refractivity contribution in [2.75, 3.05) is 0 Å². The van der Waals surface area contributed by atoms with E-state index in [9.17, 15) is 14.7 Å². The van der Waals surface area contributed by atoms with Crippen molar-refractivity contribution in [3.63, 3.8) is 0 Å². The lowest BCUT2D eigenvalue weighted by molar-refractivity contribution is -0.140. The lowest BCUT2D eigenvalue weighted by atomic mass is 10.2. The van der Waals surface area contributed by atoms with Crippen molar-refractivity contribution >= 4 is 56.6 Å². The van der Waals surface area contributed by atoms with Crippen molar-refractivity contribution in [2.24, 2.45) is 4.99 Å². The quantitative estimate of drug-likeness (QED) is 0.674. The molecule has 1 heterocycles. The molecule has 1 unspecified atom stereocenters. The van der Waals surface area contributed by atoms with Crippen LogP contribution in [0.15, 0.2) is 47.5 Å². The molecule has 0 saturated heterocycles. The van der Waals surface area contributed by atoms with E-state index in [-0.39, 0.29) is 0 Å². The molecule has 0 saturated carbocycles. The smallest absolute Gasteiger partial charge is 0.326 e. The van der Waals surface area contributed by atoms with Crippen LogP contribution in [0.25, 0.3) is 10.2 Å². The first-order valence-corrected chi connectivity index (χ1v) is 9.36. The summed E-state index contributed by atoms with van der Waals surface area (Å²) in [4.78, 5) is 28.7. The zero-order chi connectivity index (χ0) is 18.8. The van der Waals surface area contributed by atoms with Gasteiger partial charge in [0, 0.05) is 10.6 Å². The van der Waals surface area contributed by atoms with Crippen molar-refractivity contribution in [1.82, 2.24) is 4.57 Å². The van der Waals surface area contributed by atoms with Gasteiger partial charge in [0.15, 0.2) is 4.80 Å². The summed E-state index contributed by atoms with van der Waals surface area (Å²) in [7, 11) is 0. The summed E-state index contributed by atoms with van der Waals surface area (Å²) in [6.45, 7) is 1.77. The van der Waals surface area contributed by atoms with E-state index in [2.05, 4.69) is 4.99 Å². The molecule has 134 valence electrons. The van der Waals surface area contributed by atoms with Gasteiger partial charge in [-0.1, -0.05) is 47.5 Å². The molecule has 1 aromatic heterocycles. The van der Waals surface area contributed by atoms with Crippen LogP contribution < -0.4 is 4.80 Å². The number of aromatic nitrogens is 1. The second-order valence-corrected chi connectivity index (χ2v) is 7.35. The van der Waals surface area contributed by atoms with Crippen LogP contribution in [0.4, 0.5) is 0 Å². The summed E-state index contributed by atoms with van der Waals surface area (Å²) >= 11 is 13.3. The Morgan fingerprint density at radius 3 is 2.50 bits per heavy atom. The van der Waals surface area contributed by atoms with Gasteiger partial charge in [0.1, 0.15) is 6.04 Å². The summed E-state index contributed by atoms with van der Waals surface area (Å²) < 4.78 is 2.25. The number of hydrogen-bond donors (Lipinski definition) is 1. The van der Waals surface area contributed by atoms with Crippen molar-refractivity contribution in [1.29, 1.82) is 0 Å². The summed E-state index contributed by atoms with van der Waals surface area (Å²) in [5, 5.41) is 10.6. The maximum atomic E-state index is 12.5. The number of halogens is 2. The first-order valence-electron chi connectivity index (χ1n) is 7.79. The van der Waals surface area contributed by atoms with Crippen LogP contribution >= 0.6 is 34.5 Å². The SMILES string of the molecule is CCC(C(=O)O)n1/c(=N/C(=O)c2ccc(Cl)cc2)sc2c(Cl)cccc21. The zero-order valence-electron chi connectivity index (χ0n) is 13.6. The molecular formula is C18H14Cl2N2O3S. The van der Waals surface area contributed by atoms with E-state index in [4.69, 9.17) is 23.2 Å². The molecule has 1 N–H and O–H groups in total. The molecule has 1 amide bonds. The number of benzene rings is 2. The van der Waals surface area contributed by atoms with Gasteiger partial charge in [-0.3, -0.25) is 4.79 Å². The van der Waals surface area contributed by atoms with E-state index in [0.717, 1.165) is 0 Å². The summed E-state index contributed by atoms with van der Waals surface area (Å²) in [6, 6.07) is 10.7. The molecule has 0 aliphatic carbocycles. The summed E-state index contributed by atoms with van der Waals surface area (Å²) in [5.74, 6) is -1.47. The van der Waals surface area contributed by atoms with Crippen LogP contribution in [0.1, 0.15) is 29.7 Å². The average molecular weight is 409 g/mol. The second kappa shape index (κ2) is 7.61. The van der Waals surface area contributed by atoms with E-state index in [1.807, 2.05) is 0 Å². The highest BCUT2D eigenvalue weighted by atomic mass is 35.5. The maximum Gasteiger partial charge on any atom is 0.326 e. The Morgan fingerprint density at radius 1 is 1.19 bits per heavy atom. The van der Waals surface area contributed by atoms with Gasteiger partial charge in [0.2, 0.25) is 0 Å². The lowest BCUT2D eigenvalue weighted by Crippen LogP contribution is -2.27. The molecule has 1 atom stereocenters. The van der Waals surface area contributed by atoms with Crippen molar-refractivity contribution in [2.45, 2.75) is 19.4 Å². The number of fused-ring (bicyclic) bond motifs is 1. The molecule has 0 spiro atoms. The Balaban J connectivity index is 2.24. The predicted molar refractivity (Wildman–Crippen MR) is 103 cm³/mol. The molecule has 0 bridgehead atoms. The van der Waals surface area contributed by atoms with Gasteiger partial charge in [-0.25, -0.2) is 4.79 Å². The van der Waals surface area contributed by atoms with E-state index in [1.165, 1.54) is 11.3 Å². The molecule has 2 aromatic carbocycles. The Morgan fingerprint density at radius 2 is 1.88 bits per heavy atom. The predicted octanol–water partition coefficient (Wildman–Crippen LogP) is 4.79. The minimum Gasteiger partial charge on any atom is -0.480 e. The van der Waals surface area contributed by atoms with Crippen LogP contribution in [0.3, 0.4) is 0 Å². The topological polar surface area (TPSA) is 71.7 Å². The van der Waals surface area contributed by atoms with Gasteiger partial charge in [-0.05, 0) is 42.8 Å². The second-order valence-electron chi connectivity index (χ2n) is 5.53. The number of thiazole rings is 1. The highest BCUT2D eigenvalue weighted by molar-refractivity contribution is 7.17. The molecule has 26 heavy (non-hydrogen) atoms. The third kappa shape index (κ3) is 3.53. The van der Waals surface area contributed by atoms with Crippen LogP contribution in [-0.2, 0) is 4.79 Å². The number of rotatable bonds is 4. The number of carbonyl (C=O) groups excluding carboxylic acids is 1. The van der Waals surface area contributed by atoms with E-state index in [0.29, 0.717) is 37.0 Å². The van der Waals surface area contributed by atoms with Crippen molar-refractivity contribution in [3.8, 4) is 0 Å². The number of carboxylic acids is 1. The third-order valence-corrected chi connectivity index (χ3v) is 5.66. The fourth-order valence-corrected chi connectivity index (χ4v) is 4.10. The maximum absolute atomic E-state index is 12.5. The minimum atomic E-state index is -0.993. The fraction of sp³-hybridized carbons (Fsp3) is 0.167. The van der Waals surface area contributed by atoms with Crippen LogP contribution in [0, 0.1) is 0 Å².